The van der Waals surface area contributed by atoms with Crippen molar-refractivity contribution in [1.82, 2.24) is 0 Å². The first-order chi connectivity index (χ1) is 8.97. The monoisotopic (exact) mass is 358 g/mol. The van der Waals surface area contributed by atoms with Gasteiger partial charge in [0, 0.05) is 9.50 Å². The van der Waals surface area contributed by atoms with Crippen molar-refractivity contribution in [2.24, 2.45) is 0 Å². The Balaban J connectivity index is 0.000000399. The summed E-state index contributed by atoms with van der Waals surface area (Å²) in [4.78, 5) is 0. The maximum absolute atomic E-state index is 9.67. The van der Waals surface area contributed by atoms with Crippen molar-refractivity contribution in [2.45, 2.75) is 44.9 Å². The molecular weight excluding hydrogens is 344 g/mol. The van der Waals surface area contributed by atoms with Gasteiger partial charge in [-0.2, -0.15) is 13.2 Å². The van der Waals surface area contributed by atoms with Gasteiger partial charge in [-0.3, -0.25) is 0 Å². The number of halogens is 5. The van der Waals surface area contributed by atoms with Crippen LogP contribution in [0.4, 0.5) is 13.2 Å². The minimum absolute atomic E-state index is 0.379. The number of alkyl halides is 3. The number of ether oxygens (including phenoxy) is 1. The molecule has 1 aliphatic carbocycles. The molecule has 0 heterocycles. The average Bonchev–Trinajstić information content (AvgIpc) is 2.28. The molecule has 6 heteroatoms. The molecule has 0 N–H and O–H groups in total. The SMILES string of the molecule is Clc1cc(Br)cc(OC2CCCCC2)c1.FC(F)F. The first kappa shape index (κ1) is 16.6. The summed E-state index contributed by atoms with van der Waals surface area (Å²) in [5.74, 6) is 0.876. The van der Waals surface area contributed by atoms with Gasteiger partial charge in [0.25, 0.3) is 0 Å². The van der Waals surface area contributed by atoms with Crippen LogP contribution in [0.2, 0.25) is 5.02 Å². The van der Waals surface area contributed by atoms with Crippen LogP contribution in [0.5, 0.6) is 5.75 Å². The number of hydrogen-bond acceptors (Lipinski definition) is 1. The lowest BCUT2D eigenvalue weighted by molar-refractivity contribution is 0.00819. The first-order valence-corrected chi connectivity index (χ1v) is 7.19. The molecule has 0 amide bonds. The van der Waals surface area contributed by atoms with Crippen molar-refractivity contribution in [3.63, 3.8) is 0 Å². The second-order valence-corrected chi connectivity index (χ2v) is 5.58. The van der Waals surface area contributed by atoms with E-state index in [1.165, 1.54) is 32.1 Å². The third-order valence-electron chi connectivity index (χ3n) is 2.69. The van der Waals surface area contributed by atoms with E-state index in [2.05, 4.69) is 15.9 Å². The predicted octanol–water partition coefficient (Wildman–Crippen LogP) is 5.99. The molecule has 0 bridgehead atoms. The molecule has 1 aliphatic rings. The van der Waals surface area contributed by atoms with Crippen LogP contribution < -0.4 is 4.74 Å². The lowest BCUT2D eigenvalue weighted by Gasteiger charge is -2.23. The zero-order chi connectivity index (χ0) is 14.3. The molecular formula is C13H15BrClF3O. The van der Waals surface area contributed by atoms with Gasteiger partial charge in [-0.05, 0) is 43.9 Å². The lowest BCUT2D eigenvalue weighted by atomic mass is 9.98. The largest absolute Gasteiger partial charge is 0.490 e. The molecule has 0 atom stereocenters. The Hall–Kier alpha value is -0.420. The summed E-state index contributed by atoms with van der Waals surface area (Å²) in [7, 11) is 0. The van der Waals surface area contributed by atoms with Crippen LogP contribution in [0, 0.1) is 0 Å². The number of benzene rings is 1. The van der Waals surface area contributed by atoms with Gasteiger partial charge in [0.05, 0.1) is 6.10 Å². The van der Waals surface area contributed by atoms with Crippen LogP contribution >= 0.6 is 27.5 Å². The Morgan fingerprint density at radius 1 is 1.11 bits per heavy atom. The summed E-state index contributed by atoms with van der Waals surface area (Å²) in [6.07, 6.45) is 6.63. The van der Waals surface area contributed by atoms with Gasteiger partial charge >= 0.3 is 6.68 Å². The Morgan fingerprint density at radius 2 is 1.68 bits per heavy atom. The van der Waals surface area contributed by atoms with Crippen LogP contribution in [0.15, 0.2) is 22.7 Å². The van der Waals surface area contributed by atoms with E-state index in [9.17, 15) is 13.2 Å². The minimum Gasteiger partial charge on any atom is -0.490 e. The quantitative estimate of drug-likeness (QED) is 0.630. The van der Waals surface area contributed by atoms with E-state index < -0.39 is 6.68 Å². The van der Waals surface area contributed by atoms with Gasteiger partial charge in [0.1, 0.15) is 5.75 Å². The molecule has 0 saturated heterocycles. The maximum Gasteiger partial charge on any atom is 0.379 e. The van der Waals surface area contributed by atoms with E-state index in [4.69, 9.17) is 16.3 Å². The molecule has 1 aromatic carbocycles. The summed E-state index contributed by atoms with van der Waals surface area (Å²) in [6, 6.07) is 5.72. The molecule has 0 aromatic heterocycles. The van der Waals surface area contributed by atoms with E-state index in [0.717, 1.165) is 15.2 Å². The molecule has 1 nitrogen and oxygen atoms in total. The molecule has 0 spiro atoms. The normalized spacial score (nSPS) is 15.9. The average molecular weight is 360 g/mol. The van der Waals surface area contributed by atoms with Gasteiger partial charge in [-0.15, -0.1) is 0 Å². The smallest absolute Gasteiger partial charge is 0.379 e. The van der Waals surface area contributed by atoms with Crippen molar-refractivity contribution in [3.05, 3.63) is 27.7 Å². The minimum atomic E-state index is -3.67. The fourth-order valence-electron chi connectivity index (χ4n) is 1.97. The maximum atomic E-state index is 9.67. The van der Waals surface area contributed by atoms with Gasteiger partial charge in [0.15, 0.2) is 0 Å². The summed E-state index contributed by atoms with van der Waals surface area (Å²) < 4.78 is 35.9. The fourth-order valence-corrected chi connectivity index (χ4v) is 2.80. The van der Waals surface area contributed by atoms with E-state index in [0.29, 0.717) is 6.10 Å². The van der Waals surface area contributed by atoms with Gasteiger partial charge in [0.2, 0.25) is 0 Å². The molecule has 2 rings (SSSR count). The van der Waals surface area contributed by atoms with Crippen molar-refractivity contribution in [3.8, 4) is 5.75 Å². The highest BCUT2D eigenvalue weighted by Crippen LogP contribution is 2.28. The Morgan fingerprint density at radius 3 is 2.21 bits per heavy atom. The molecule has 1 fully saturated rings. The molecule has 0 unspecified atom stereocenters. The van der Waals surface area contributed by atoms with Crippen molar-refractivity contribution >= 4 is 27.5 Å². The number of rotatable bonds is 2. The van der Waals surface area contributed by atoms with Gasteiger partial charge in [-0.25, -0.2) is 0 Å². The highest BCUT2D eigenvalue weighted by atomic mass is 79.9. The van der Waals surface area contributed by atoms with Crippen LogP contribution in [0.3, 0.4) is 0 Å². The molecule has 19 heavy (non-hydrogen) atoms. The summed E-state index contributed by atoms with van der Waals surface area (Å²) in [5.41, 5.74) is 0. The third-order valence-corrected chi connectivity index (χ3v) is 3.37. The molecule has 0 radical (unpaired) electrons. The van der Waals surface area contributed by atoms with Crippen LogP contribution in [-0.2, 0) is 0 Å². The number of hydrogen-bond donors (Lipinski definition) is 0. The third kappa shape index (κ3) is 7.67. The highest BCUT2D eigenvalue weighted by Gasteiger charge is 2.15. The highest BCUT2D eigenvalue weighted by molar-refractivity contribution is 9.10. The van der Waals surface area contributed by atoms with E-state index in [1.54, 1.807) is 0 Å². The van der Waals surface area contributed by atoms with Crippen molar-refractivity contribution in [2.75, 3.05) is 0 Å². The second kappa shape index (κ2) is 8.69. The summed E-state index contributed by atoms with van der Waals surface area (Å²) in [5, 5.41) is 0.718. The molecule has 0 aliphatic heterocycles. The van der Waals surface area contributed by atoms with Crippen LogP contribution in [0.25, 0.3) is 0 Å². The second-order valence-electron chi connectivity index (χ2n) is 4.23. The standard InChI is InChI=1S/C12H14BrClO.CHF3/c13-9-6-10(14)8-12(7-9)15-11-4-2-1-3-5-11;2-1(3)4/h6-8,11H,1-5H2;1H. The zero-order valence-electron chi connectivity index (χ0n) is 10.2. The predicted molar refractivity (Wildman–Crippen MR) is 73.8 cm³/mol. The van der Waals surface area contributed by atoms with E-state index in [1.807, 2.05) is 18.2 Å². The lowest BCUT2D eigenvalue weighted by Crippen LogP contribution is -2.19. The van der Waals surface area contributed by atoms with Crippen molar-refractivity contribution < 1.29 is 17.9 Å². The van der Waals surface area contributed by atoms with E-state index >= 15 is 0 Å². The summed E-state index contributed by atoms with van der Waals surface area (Å²) >= 11 is 9.37. The topological polar surface area (TPSA) is 9.23 Å². The molecule has 1 saturated carbocycles. The Kier molecular flexibility index (Phi) is 7.61. The summed E-state index contributed by atoms with van der Waals surface area (Å²) in [6.45, 7) is -3.67. The Bertz CT molecular complexity index is 361. The van der Waals surface area contributed by atoms with Gasteiger partial charge < -0.3 is 4.74 Å². The van der Waals surface area contributed by atoms with Crippen LogP contribution in [-0.4, -0.2) is 12.8 Å². The molecule has 1 aromatic rings. The first-order valence-electron chi connectivity index (χ1n) is 6.02. The molecule has 108 valence electrons. The van der Waals surface area contributed by atoms with E-state index in [-0.39, 0.29) is 0 Å². The Labute approximate surface area is 124 Å². The van der Waals surface area contributed by atoms with Crippen molar-refractivity contribution in [1.29, 1.82) is 0 Å². The van der Waals surface area contributed by atoms with Crippen LogP contribution in [0.1, 0.15) is 32.1 Å². The zero-order valence-corrected chi connectivity index (χ0v) is 12.6. The fraction of sp³-hybridized carbons (Fsp3) is 0.538. The van der Waals surface area contributed by atoms with Gasteiger partial charge in [-0.1, -0.05) is 34.0 Å².